The predicted octanol–water partition coefficient (Wildman–Crippen LogP) is 2.84. The van der Waals surface area contributed by atoms with Crippen LogP contribution in [0.3, 0.4) is 0 Å². The summed E-state index contributed by atoms with van der Waals surface area (Å²) in [6, 6.07) is 8.34. The minimum Gasteiger partial charge on any atom is -0.341 e. The van der Waals surface area contributed by atoms with Gasteiger partial charge >= 0.3 is 0 Å². The fourth-order valence-electron chi connectivity index (χ4n) is 2.99. The van der Waals surface area contributed by atoms with Crippen molar-refractivity contribution in [3.05, 3.63) is 35.4 Å². The highest BCUT2D eigenvalue weighted by atomic mass is 16.2. The molecule has 1 aromatic rings. The lowest BCUT2D eigenvalue weighted by Crippen LogP contribution is -2.51. The summed E-state index contributed by atoms with van der Waals surface area (Å²) in [6.07, 6.45) is 0.807. The standard InChI is InChI=1S/C18H28N2O/c1-13(2)11-20(12-14(3)4)18(21)17-9-15-7-5-6-8-16(15)10-19-17/h5-8,13-14,17,19H,9-12H2,1-4H3. The molecule has 1 aliphatic heterocycles. The van der Waals surface area contributed by atoms with E-state index in [9.17, 15) is 4.79 Å². The Morgan fingerprint density at radius 2 is 1.71 bits per heavy atom. The average molecular weight is 288 g/mol. The molecule has 1 atom stereocenters. The summed E-state index contributed by atoms with van der Waals surface area (Å²) in [6.45, 7) is 11.2. The zero-order chi connectivity index (χ0) is 15.4. The third kappa shape index (κ3) is 4.31. The van der Waals surface area contributed by atoms with Crippen molar-refractivity contribution in [2.24, 2.45) is 11.8 Å². The van der Waals surface area contributed by atoms with Gasteiger partial charge in [-0.3, -0.25) is 4.79 Å². The molecule has 0 aliphatic carbocycles. The molecular formula is C18H28N2O. The normalized spacial score (nSPS) is 17.9. The van der Waals surface area contributed by atoms with Crippen LogP contribution in [0.25, 0.3) is 0 Å². The number of nitrogens with one attached hydrogen (secondary N) is 1. The van der Waals surface area contributed by atoms with Crippen molar-refractivity contribution < 1.29 is 4.79 Å². The SMILES string of the molecule is CC(C)CN(CC(C)C)C(=O)C1Cc2ccccc2CN1. The van der Waals surface area contributed by atoms with E-state index < -0.39 is 0 Å². The second-order valence-corrected chi connectivity index (χ2v) is 6.94. The number of carbonyl (C=O) groups is 1. The molecule has 1 aliphatic rings. The van der Waals surface area contributed by atoms with Crippen LogP contribution >= 0.6 is 0 Å². The van der Waals surface area contributed by atoms with Crippen molar-refractivity contribution in [1.82, 2.24) is 10.2 Å². The highest BCUT2D eigenvalue weighted by Gasteiger charge is 2.28. The summed E-state index contributed by atoms with van der Waals surface area (Å²) in [5, 5.41) is 3.41. The minimum atomic E-state index is -0.0719. The molecule has 0 fully saturated rings. The maximum atomic E-state index is 12.8. The zero-order valence-electron chi connectivity index (χ0n) is 13.7. The number of rotatable bonds is 5. The number of amides is 1. The molecule has 1 aromatic carbocycles. The summed E-state index contributed by atoms with van der Waals surface area (Å²) in [5.74, 6) is 1.26. The van der Waals surface area contributed by atoms with E-state index in [1.807, 2.05) is 4.90 Å². The second kappa shape index (κ2) is 7.08. The van der Waals surface area contributed by atoms with Crippen molar-refractivity contribution in [1.29, 1.82) is 0 Å². The number of fused-ring (bicyclic) bond motifs is 1. The first-order valence-electron chi connectivity index (χ1n) is 8.06. The third-order valence-corrected chi connectivity index (χ3v) is 3.86. The van der Waals surface area contributed by atoms with Crippen LogP contribution in [0.5, 0.6) is 0 Å². The number of benzene rings is 1. The Morgan fingerprint density at radius 1 is 1.14 bits per heavy atom. The molecule has 0 saturated heterocycles. The van der Waals surface area contributed by atoms with Crippen molar-refractivity contribution >= 4 is 5.91 Å². The summed E-state index contributed by atoms with van der Waals surface area (Å²) in [4.78, 5) is 14.9. The highest BCUT2D eigenvalue weighted by molar-refractivity contribution is 5.82. The second-order valence-electron chi connectivity index (χ2n) is 6.94. The summed E-state index contributed by atoms with van der Waals surface area (Å²) >= 11 is 0. The lowest BCUT2D eigenvalue weighted by atomic mass is 9.95. The van der Waals surface area contributed by atoms with Gasteiger partial charge in [-0.2, -0.15) is 0 Å². The van der Waals surface area contributed by atoms with Crippen LogP contribution < -0.4 is 5.32 Å². The van der Waals surface area contributed by atoms with Crippen LogP contribution in [-0.2, 0) is 17.8 Å². The number of carbonyl (C=O) groups excluding carboxylic acids is 1. The van der Waals surface area contributed by atoms with Gasteiger partial charge in [0, 0.05) is 19.6 Å². The maximum Gasteiger partial charge on any atom is 0.240 e. The summed E-state index contributed by atoms with van der Waals surface area (Å²) in [5.41, 5.74) is 2.63. The molecule has 21 heavy (non-hydrogen) atoms. The Kier molecular flexibility index (Phi) is 5.40. The quantitative estimate of drug-likeness (QED) is 0.903. The lowest BCUT2D eigenvalue weighted by Gasteiger charge is -2.33. The van der Waals surface area contributed by atoms with E-state index in [4.69, 9.17) is 0 Å². The molecule has 3 nitrogen and oxygen atoms in total. The van der Waals surface area contributed by atoms with E-state index in [1.165, 1.54) is 11.1 Å². The van der Waals surface area contributed by atoms with Gasteiger partial charge in [-0.1, -0.05) is 52.0 Å². The van der Waals surface area contributed by atoms with Gasteiger partial charge in [-0.05, 0) is 29.4 Å². The van der Waals surface area contributed by atoms with Gasteiger partial charge in [0.15, 0.2) is 0 Å². The van der Waals surface area contributed by atoms with Gasteiger partial charge < -0.3 is 10.2 Å². The Balaban J connectivity index is 2.07. The first kappa shape index (κ1) is 16.0. The van der Waals surface area contributed by atoms with Gasteiger partial charge in [0.25, 0.3) is 0 Å². The Labute approximate surface area is 128 Å². The Morgan fingerprint density at radius 3 is 2.29 bits per heavy atom. The molecular weight excluding hydrogens is 260 g/mol. The molecule has 0 bridgehead atoms. The molecule has 3 heteroatoms. The maximum absolute atomic E-state index is 12.8. The summed E-state index contributed by atoms with van der Waals surface area (Å²) < 4.78 is 0. The molecule has 0 spiro atoms. The van der Waals surface area contributed by atoms with E-state index in [2.05, 4.69) is 57.3 Å². The molecule has 1 heterocycles. The molecule has 1 N–H and O–H groups in total. The lowest BCUT2D eigenvalue weighted by molar-refractivity contribution is -0.134. The molecule has 0 radical (unpaired) electrons. The molecule has 0 aromatic heterocycles. The monoisotopic (exact) mass is 288 g/mol. The van der Waals surface area contributed by atoms with Gasteiger partial charge in [0.1, 0.15) is 0 Å². The molecule has 0 saturated carbocycles. The Hall–Kier alpha value is -1.35. The van der Waals surface area contributed by atoms with Gasteiger partial charge in [0.05, 0.1) is 6.04 Å². The van der Waals surface area contributed by atoms with E-state index in [-0.39, 0.29) is 11.9 Å². The van der Waals surface area contributed by atoms with E-state index in [0.29, 0.717) is 11.8 Å². The van der Waals surface area contributed by atoms with E-state index >= 15 is 0 Å². The van der Waals surface area contributed by atoms with E-state index in [1.54, 1.807) is 0 Å². The third-order valence-electron chi connectivity index (χ3n) is 3.86. The fourth-order valence-corrected chi connectivity index (χ4v) is 2.99. The number of hydrogen-bond donors (Lipinski definition) is 1. The molecule has 116 valence electrons. The van der Waals surface area contributed by atoms with Gasteiger partial charge in [0.2, 0.25) is 5.91 Å². The van der Waals surface area contributed by atoms with Crippen molar-refractivity contribution in [3.63, 3.8) is 0 Å². The van der Waals surface area contributed by atoms with Gasteiger partial charge in [-0.15, -0.1) is 0 Å². The largest absolute Gasteiger partial charge is 0.341 e. The Bertz CT molecular complexity index is 472. The van der Waals surface area contributed by atoms with Crippen LogP contribution in [0, 0.1) is 11.8 Å². The first-order valence-corrected chi connectivity index (χ1v) is 8.06. The topological polar surface area (TPSA) is 32.3 Å². The van der Waals surface area contributed by atoms with Crippen molar-refractivity contribution in [3.8, 4) is 0 Å². The van der Waals surface area contributed by atoms with Crippen LogP contribution in [-0.4, -0.2) is 29.9 Å². The van der Waals surface area contributed by atoms with E-state index in [0.717, 1.165) is 26.1 Å². The molecule has 1 unspecified atom stereocenters. The smallest absolute Gasteiger partial charge is 0.240 e. The molecule has 2 rings (SSSR count). The highest BCUT2D eigenvalue weighted by Crippen LogP contribution is 2.18. The fraction of sp³-hybridized carbons (Fsp3) is 0.611. The number of nitrogens with zero attached hydrogens (tertiary/aromatic N) is 1. The number of hydrogen-bond acceptors (Lipinski definition) is 2. The van der Waals surface area contributed by atoms with Crippen LogP contribution in [0.15, 0.2) is 24.3 Å². The van der Waals surface area contributed by atoms with Crippen LogP contribution in [0.2, 0.25) is 0 Å². The predicted molar refractivity (Wildman–Crippen MR) is 87.0 cm³/mol. The minimum absolute atomic E-state index is 0.0719. The average Bonchev–Trinajstić information content (AvgIpc) is 2.44. The van der Waals surface area contributed by atoms with Crippen molar-refractivity contribution in [2.75, 3.05) is 13.1 Å². The summed E-state index contributed by atoms with van der Waals surface area (Å²) in [7, 11) is 0. The molecule has 1 amide bonds. The first-order chi connectivity index (χ1) is 9.97. The van der Waals surface area contributed by atoms with Crippen LogP contribution in [0.4, 0.5) is 0 Å². The zero-order valence-corrected chi connectivity index (χ0v) is 13.7. The van der Waals surface area contributed by atoms with Gasteiger partial charge in [-0.25, -0.2) is 0 Å². The van der Waals surface area contributed by atoms with Crippen LogP contribution in [0.1, 0.15) is 38.8 Å². The van der Waals surface area contributed by atoms with Crippen molar-refractivity contribution in [2.45, 2.75) is 46.7 Å².